The molecular formula is C14H23NO. The van der Waals surface area contributed by atoms with Crippen molar-refractivity contribution < 1.29 is 4.74 Å². The molecule has 2 nitrogen and oxygen atoms in total. The van der Waals surface area contributed by atoms with Gasteiger partial charge in [-0.1, -0.05) is 26.0 Å². The third kappa shape index (κ3) is 2.76. The van der Waals surface area contributed by atoms with E-state index in [1.54, 1.807) is 7.11 Å². The van der Waals surface area contributed by atoms with Gasteiger partial charge in [-0.25, -0.2) is 0 Å². The Kier molecular flexibility index (Phi) is 4.81. The van der Waals surface area contributed by atoms with Crippen molar-refractivity contribution >= 4 is 0 Å². The van der Waals surface area contributed by atoms with Crippen molar-refractivity contribution in [2.45, 2.75) is 33.1 Å². The number of aryl methyl sites for hydroxylation is 1. The molecule has 2 N–H and O–H groups in total. The standard InChI is InChI=1S/C14H23NO/c1-5-13(11(3)9-15)12-7-6-10(2)14(8-12)16-4/h6-8,11,13H,5,9,15H2,1-4H3. The fourth-order valence-corrected chi connectivity index (χ4v) is 2.20. The second-order valence-electron chi connectivity index (χ2n) is 4.46. The molecule has 90 valence electrons. The summed E-state index contributed by atoms with van der Waals surface area (Å²) in [6, 6.07) is 6.47. The molecule has 0 aliphatic rings. The van der Waals surface area contributed by atoms with E-state index in [-0.39, 0.29) is 0 Å². The molecule has 2 unspecified atom stereocenters. The minimum atomic E-state index is 0.511. The van der Waals surface area contributed by atoms with Crippen LogP contribution in [0.15, 0.2) is 18.2 Å². The minimum Gasteiger partial charge on any atom is -0.496 e. The predicted octanol–water partition coefficient (Wildman–Crippen LogP) is 3.09. The molecule has 1 aromatic rings. The summed E-state index contributed by atoms with van der Waals surface area (Å²) in [4.78, 5) is 0. The van der Waals surface area contributed by atoms with Crippen molar-refractivity contribution in [3.05, 3.63) is 29.3 Å². The fourth-order valence-electron chi connectivity index (χ4n) is 2.20. The molecule has 0 amide bonds. The smallest absolute Gasteiger partial charge is 0.122 e. The van der Waals surface area contributed by atoms with Crippen LogP contribution < -0.4 is 10.5 Å². The summed E-state index contributed by atoms with van der Waals surface area (Å²) in [6.45, 7) is 7.22. The highest BCUT2D eigenvalue weighted by molar-refractivity contribution is 5.38. The molecule has 1 rings (SSSR count). The van der Waals surface area contributed by atoms with Crippen LogP contribution in [0, 0.1) is 12.8 Å². The minimum absolute atomic E-state index is 0.511. The predicted molar refractivity (Wildman–Crippen MR) is 69.0 cm³/mol. The van der Waals surface area contributed by atoms with Crippen molar-refractivity contribution in [3.8, 4) is 5.75 Å². The SMILES string of the molecule is CCC(c1ccc(C)c(OC)c1)C(C)CN. The van der Waals surface area contributed by atoms with Crippen LogP contribution in [0.2, 0.25) is 0 Å². The van der Waals surface area contributed by atoms with E-state index in [9.17, 15) is 0 Å². The fraction of sp³-hybridized carbons (Fsp3) is 0.571. The van der Waals surface area contributed by atoms with Crippen molar-refractivity contribution in [3.63, 3.8) is 0 Å². The largest absolute Gasteiger partial charge is 0.496 e. The summed E-state index contributed by atoms with van der Waals surface area (Å²) in [5.74, 6) is 2.01. The molecule has 2 atom stereocenters. The molecule has 0 bridgehead atoms. The van der Waals surface area contributed by atoms with Gasteiger partial charge in [-0.2, -0.15) is 0 Å². The van der Waals surface area contributed by atoms with E-state index in [1.807, 2.05) is 0 Å². The Bertz CT molecular complexity index is 336. The van der Waals surface area contributed by atoms with Crippen LogP contribution in [0.3, 0.4) is 0 Å². The lowest BCUT2D eigenvalue weighted by Crippen LogP contribution is -2.18. The number of methoxy groups -OCH3 is 1. The van der Waals surface area contributed by atoms with E-state index in [0.29, 0.717) is 11.8 Å². The summed E-state index contributed by atoms with van der Waals surface area (Å²) < 4.78 is 5.36. The first-order chi connectivity index (χ1) is 7.63. The quantitative estimate of drug-likeness (QED) is 0.829. The van der Waals surface area contributed by atoms with Crippen LogP contribution in [-0.4, -0.2) is 13.7 Å². The second kappa shape index (κ2) is 5.90. The molecule has 0 aliphatic carbocycles. The average Bonchev–Trinajstić information content (AvgIpc) is 2.31. The number of benzene rings is 1. The van der Waals surface area contributed by atoms with E-state index in [2.05, 4.69) is 39.0 Å². The van der Waals surface area contributed by atoms with Gasteiger partial charge in [0.2, 0.25) is 0 Å². The van der Waals surface area contributed by atoms with Gasteiger partial charge in [0.15, 0.2) is 0 Å². The Morgan fingerprint density at radius 3 is 2.56 bits per heavy atom. The van der Waals surface area contributed by atoms with Crippen LogP contribution in [-0.2, 0) is 0 Å². The van der Waals surface area contributed by atoms with Gasteiger partial charge in [-0.15, -0.1) is 0 Å². The maximum atomic E-state index is 5.76. The van der Waals surface area contributed by atoms with Gasteiger partial charge < -0.3 is 10.5 Å². The molecular weight excluding hydrogens is 198 g/mol. The molecule has 1 aromatic carbocycles. The first kappa shape index (κ1) is 13.0. The van der Waals surface area contributed by atoms with Crippen LogP contribution in [0.4, 0.5) is 0 Å². The molecule has 0 aromatic heterocycles. The number of hydrogen-bond donors (Lipinski definition) is 1. The molecule has 0 radical (unpaired) electrons. The number of hydrogen-bond acceptors (Lipinski definition) is 2. The molecule has 16 heavy (non-hydrogen) atoms. The lowest BCUT2D eigenvalue weighted by atomic mass is 9.85. The van der Waals surface area contributed by atoms with E-state index < -0.39 is 0 Å². The third-order valence-electron chi connectivity index (χ3n) is 3.36. The monoisotopic (exact) mass is 221 g/mol. The van der Waals surface area contributed by atoms with Gasteiger partial charge >= 0.3 is 0 Å². The van der Waals surface area contributed by atoms with Crippen LogP contribution >= 0.6 is 0 Å². The van der Waals surface area contributed by atoms with Crippen LogP contribution in [0.5, 0.6) is 5.75 Å². The molecule has 2 heteroatoms. The molecule has 0 fully saturated rings. The van der Waals surface area contributed by atoms with Crippen molar-refractivity contribution in [2.75, 3.05) is 13.7 Å². The van der Waals surface area contributed by atoms with Gasteiger partial charge in [-0.3, -0.25) is 0 Å². The van der Waals surface area contributed by atoms with E-state index >= 15 is 0 Å². The van der Waals surface area contributed by atoms with E-state index in [4.69, 9.17) is 10.5 Å². The zero-order valence-electron chi connectivity index (χ0n) is 10.8. The zero-order chi connectivity index (χ0) is 12.1. The normalized spacial score (nSPS) is 14.6. The van der Waals surface area contributed by atoms with Gasteiger partial charge in [0.25, 0.3) is 0 Å². The summed E-state index contributed by atoms with van der Waals surface area (Å²) >= 11 is 0. The Morgan fingerprint density at radius 2 is 2.06 bits per heavy atom. The van der Waals surface area contributed by atoms with Gasteiger partial charge in [0.1, 0.15) is 5.75 Å². The highest BCUT2D eigenvalue weighted by Gasteiger charge is 2.17. The second-order valence-corrected chi connectivity index (χ2v) is 4.46. The Morgan fingerprint density at radius 1 is 1.38 bits per heavy atom. The average molecular weight is 221 g/mol. The summed E-state index contributed by atoms with van der Waals surface area (Å²) in [5, 5.41) is 0. The summed E-state index contributed by atoms with van der Waals surface area (Å²) in [6.07, 6.45) is 1.12. The molecule has 0 saturated heterocycles. The summed E-state index contributed by atoms with van der Waals surface area (Å²) in [7, 11) is 1.72. The first-order valence-corrected chi connectivity index (χ1v) is 5.98. The van der Waals surface area contributed by atoms with E-state index in [0.717, 1.165) is 18.7 Å². The van der Waals surface area contributed by atoms with Gasteiger partial charge in [0, 0.05) is 0 Å². The highest BCUT2D eigenvalue weighted by Crippen LogP contribution is 2.31. The lowest BCUT2D eigenvalue weighted by Gasteiger charge is -2.22. The topological polar surface area (TPSA) is 35.2 Å². The molecule has 0 heterocycles. The van der Waals surface area contributed by atoms with E-state index in [1.165, 1.54) is 11.1 Å². The maximum absolute atomic E-state index is 5.76. The van der Waals surface area contributed by atoms with Crippen molar-refractivity contribution in [2.24, 2.45) is 11.7 Å². The van der Waals surface area contributed by atoms with Gasteiger partial charge in [0.05, 0.1) is 7.11 Å². The molecule has 0 saturated carbocycles. The number of nitrogens with two attached hydrogens (primary N) is 1. The number of ether oxygens (including phenoxy) is 1. The molecule has 0 aliphatic heterocycles. The third-order valence-corrected chi connectivity index (χ3v) is 3.36. The van der Waals surface area contributed by atoms with Gasteiger partial charge in [-0.05, 0) is 48.9 Å². The maximum Gasteiger partial charge on any atom is 0.122 e. The first-order valence-electron chi connectivity index (χ1n) is 5.98. The zero-order valence-corrected chi connectivity index (χ0v) is 10.8. The number of rotatable bonds is 5. The summed E-state index contributed by atoms with van der Waals surface area (Å²) in [5.41, 5.74) is 8.27. The lowest BCUT2D eigenvalue weighted by molar-refractivity contribution is 0.407. The van der Waals surface area contributed by atoms with Crippen molar-refractivity contribution in [1.82, 2.24) is 0 Å². The highest BCUT2D eigenvalue weighted by atomic mass is 16.5. The van der Waals surface area contributed by atoms with Crippen LogP contribution in [0.25, 0.3) is 0 Å². The molecule has 0 spiro atoms. The Balaban J connectivity index is 3.01. The Hall–Kier alpha value is -1.02. The van der Waals surface area contributed by atoms with Crippen molar-refractivity contribution in [1.29, 1.82) is 0 Å². The Labute approximate surface area is 98.8 Å². The van der Waals surface area contributed by atoms with Crippen LogP contribution in [0.1, 0.15) is 37.3 Å².